The minimum Gasteiger partial charge on any atom is -0.493 e. The number of aromatic amines is 1. The average molecular weight is 347 g/mol. The number of methoxy groups -OCH3 is 2. The van der Waals surface area contributed by atoms with Crippen LogP contribution in [0, 0.1) is 4.77 Å². The Hall–Kier alpha value is -2.75. The van der Waals surface area contributed by atoms with Crippen LogP contribution < -0.4 is 9.47 Å². The van der Waals surface area contributed by atoms with E-state index in [0.29, 0.717) is 28.6 Å². The third-order valence-corrected chi connectivity index (χ3v) is 3.84. The van der Waals surface area contributed by atoms with Gasteiger partial charge in [0.05, 0.1) is 14.2 Å². The molecule has 3 aromatic rings. The molecule has 9 nitrogen and oxygen atoms in total. The fourth-order valence-electron chi connectivity index (χ4n) is 2.32. The van der Waals surface area contributed by atoms with Gasteiger partial charge in [-0.1, -0.05) is 0 Å². The van der Waals surface area contributed by atoms with E-state index in [2.05, 4.69) is 25.6 Å². The summed E-state index contributed by atoms with van der Waals surface area (Å²) in [6.07, 6.45) is 0. The molecular formula is C14H17N7O2S. The van der Waals surface area contributed by atoms with Crippen LogP contribution >= 0.6 is 12.2 Å². The van der Waals surface area contributed by atoms with Crippen molar-refractivity contribution >= 4 is 12.2 Å². The van der Waals surface area contributed by atoms with Crippen molar-refractivity contribution in [1.29, 1.82) is 0 Å². The molecule has 1 N–H and O–H groups in total. The summed E-state index contributed by atoms with van der Waals surface area (Å²) < 4.78 is 13.0. The normalized spacial score (nSPS) is 10.8. The number of rotatable bonds is 6. The Morgan fingerprint density at radius 1 is 1.21 bits per heavy atom. The van der Waals surface area contributed by atoms with Crippen LogP contribution in [0.15, 0.2) is 18.2 Å². The predicted octanol–water partition coefficient (Wildman–Crippen LogP) is 1.68. The number of hydrogen-bond donors (Lipinski definition) is 1. The van der Waals surface area contributed by atoms with Gasteiger partial charge in [0.2, 0.25) is 5.82 Å². The second-order valence-corrected chi connectivity index (χ2v) is 5.29. The number of nitrogens with zero attached hydrogens (tertiary/aromatic N) is 6. The SMILES string of the molecule is CCn1c(Cn2nnc(-c3ccc(OC)c(OC)c3)n2)n[nH]c1=S. The highest BCUT2D eigenvalue weighted by Gasteiger charge is 2.12. The molecule has 3 rings (SSSR count). The lowest BCUT2D eigenvalue weighted by atomic mass is 10.2. The molecular weight excluding hydrogens is 330 g/mol. The van der Waals surface area contributed by atoms with E-state index in [-0.39, 0.29) is 0 Å². The topological polar surface area (TPSA) is 95.7 Å². The summed E-state index contributed by atoms with van der Waals surface area (Å²) >= 11 is 5.17. The van der Waals surface area contributed by atoms with Crippen molar-refractivity contribution in [1.82, 2.24) is 35.0 Å². The number of H-pyrrole nitrogens is 1. The van der Waals surface area contributed by atoms with E-state index in [4.69, 9.17) is 21.7 Å². The van der Waals surface area contributed by atoms with Crippen LogP contribution in [0.25, 0.3) is 11.4 Å². The third-order valence-electron chi connectivity index (χ3n) is 3.53. The summed E-state index contributed by atoms with van der Waals surface area (Å²) in [5, 5.41) is 19.5. The Bertz CT molecular complexity index is 899. The molecule has 0 bridgehead atoms. The summed E-state index contributed by atoms with van der Waals surface area (Å²) in [5.41, 5.74) is 0.785. The van der Waals surface area contributed by atoms with Crippen molar-refractivity contribution in [2.24, 2.45) is 0 Å². The molecule has 2 heterocycles. The Kier molecular flexibility index (Phi) is 4.56. The molecule has 0 aliphatic rings. The molecule has 0 saturated heterocycles. The van der Waals surface area contributed by atoms with Crippen molar-refractivity contribution in [3.8, 4) is 22.9 Å². The fraction of sp³-hybridized carbons (Fsp3) is 0.357. The maximum atomic E-state index is 5.30. The van der Waals surface area contributed by atoms with E-state index in [0.717, 1.165) is 17.9 Å². The summed E-state index contributed by atoms with van der Waals surface area (Å²) in [5.74, 6) is 2.50. The minimum atomic E-state index is 0.376. The Morgan fingerprint density at radius 2 is 2.00 bits per heavy atom. The first-order chi connectivity index (χ1) is 11.7. The first-order valence-electron chi connectivity index (χ1n) is 7.30. The van der Waals surface area contributed by atoms with Crippen LogP contribution in [0.4, 0.5) is 0 Å². The molecule has 0 atom stereocenters. The Labute approximate surface area is 143 Å². The molecule has 126 valence electrons. The van der Waals surface area contributed by atoms with E-state index in [9.17, 15) is 0 Å². The molecule has 1 aromatic carbocycles. The standard InChI is InChI=1S/C14H17N7O2S/c1-4-20-12(15-17-14(20)24)8-21-18-13(16-19-21)9-5-6-10(22-2)11(7-9)23-3/h5-7H,4,8H2,1-3H3,(H,17,24). The van der Waals surface area contributed by atoms with Crippen LogP contribution in [-0.4, -0.2) is 49.2 Å². The number of nitrogens with one attached hydrogen (secondary N) is 1. The van der Waals surface area contributed by atoms with E-state index >= 15 is 0 Å². The lowest BCUT2D eigenvalue weighted by Crippen LogP contribution is -2.10. The maximum Gasteiger partial charge on any atom is 0.205 e. The van der Waals surface area contributed by atoms with E-state index in [1.807, 2.05) is 23.6 Å². The van der Waals surface area contributed by atoms with Gasteiger partial charge >= 0.3 is 0 Å². The van der Waals surface area contributed by atoms with Gasteiger partial charge in [0.1, 0.15) is 6.54 Å². The molecule has 0 saturated carbocycles. The number of hydrogen-bond acceptors (Lipinski definition) is 7. The van der Waals surface area contributed by atoms with E-state index in [1.165, 1.54) is 4.80 Å². The van der Waals surface area contributed by atoms with Crippen LogP contribution in [0.5, 0.6) is 11.5 Å². The van der Waals surface area contributed by atoms with Gasteiger partial charge in [0.25, 0.3) is 0 Å². The molecule has 0 unspecified atom stereocenters. The zero-order chi connectivity index (χ0) is 17.1. The van der Waals surface area contributed by atoms with Crippen molar-refractivity contribution in [3.05, 3.63) is 28.8 Å². The lowest BCUT2D eigenvalue weighted by molar-refractivity contribution is 0.355. The Morgan fingerprint density at radius 3 is 2.71 bits per heavy atom. The first kappa shape index (κ1) is 16.1. The van der Waals surface area contributed by atoms with Crippen molar-refractivity contribution in [2.45, 2.75) is 20.0 Å². The van der Waals surface area contributed by atoms with Gasteiger partial charge < -0.3 is 14.0 Å². The zero-order valence-electron chi connectivity index (χ0n) is 13.6. The number of ether oxygens (including phenoxy) is 2. The van der Waals surface area contributed by atoms with Crippen molar-refractivity contribution in [2.75, 3.05) is 14.2 Å². The monoisotopic (exact) mass is 347 g/mol. The Balaban J connectivity index is 1.86. The van der Waals surface area contributed by atoms with Gasteiger partial charge in [0, 0.05) is 12.1 Å². The molecule has 0 aliphatic carbocycles. The predicted molar refractivity (Wildman–Crippen MR) is 88.5 cm³/mol. The van der Waals surface area contributed by atoms with E-state index in [1.54, 1.807) is 20.3 Å². The fourth-order valence-corrected chi connectivity index (χ4v) is 2.60. The highest BCUT2D eigenvalue weighted by Crippen LogP contribution is 2.30. The van der Waals surface area contributed by atoms with Crippen molar-refractivity contribution in [3.63, 3.8) is 0 Å². The molecule has 24 heavy (non-hydrogen) atoms. The van der Waals surface area contributed by atoms with Crippen LogP contribution in [-0.2, 0) is 13.1 Å². The number of tetrazole rings is 1. The third kappa shape index (κ3) is 3.00. The first-order valence-corrected chi connectivity index (χ1v) is 7.71. The van der Waals surface area contributed by atoms with Gasteiger partial charge in [-0.05, 0) is 42.6 Å². The molecule has 0 spiro atoms. The van der Waals surface area contributed by atoms with Gasteiger partial charge in [-0.2, -0.15) is 9.90 Å². The zero-order valence-corrected chi connectivity index (χ0v) is 14.4. The molecule has 0 fully saturated rings. The molecule has 2 aromatic heterocycles. The summed E-state index contributed by atoms with van der Waals surface area (Å²) in [7, 11) is 3.17. The highest BCUT2D eigenvalue weighted by molar-refractivity contribution is 7.71. The molecule has 0 amide bonds. The second kappa shape index (κ2) is 6.79. The van der Waals surface area contributed by atoms with Gasteiger partial charge in [0.15, 0.2) is 22.1 Å². The van der Waals surface area contributed by atoms with Crippen molar-refractivity contribution < 1.29 is 9.47 Å². The number of aromatic nitrogens is 7. The van der Waals surface area contributed by atoms with Crippen LogP contribution in [0.1, 0.15) is 12.7 Å². The molecule has 10 heteroatoms. The summed E-state index contributed by atoms with van der Waals surface area (Å²) in [4.78, 5) is 1.48. The molecule has 0 aliphatic heterocycles. The number of benzene rings is 1. The summed E-state index contributed by atoms with van der Waals surface area (Å²) in [6.45, 7) is 3.10. The van der Waals surface area contributed by atoms with Crippen LogP contribution in [0.3, 0.4) is 0 Å². The van der Waals surface area contributed by atoms with Crippen LogP contribution in [0.2, 0.25) is 0 Å². The lowest BCUT2D eigenvalue weighted by Gasteiger charge is -2.07. The highest BCUT2D eigenvalue weighted by atomic mass is 32.1. The second-order valence-electron chi connectivity index (χ2n) is 4.90. The minimum absolute atomic E-state index is 0.376. The average Bonchev–Trinajstić information content (AvgIpc) is 3.21. The van der Waals surface area contributed by atoms with Gasteiger partial charge in [-0.15, -0.1) is 10.2 Å². The maximum absolute atomic E-state index is 5.30. The van der Waals surface area contributed by atoms with Gasteiger partial charge in [-0.3, -0.25) is 5.10 Å². The smallest absolute Gasteiger partial charge is 0.205 e. The largest absolute Gasteiger partial charge is 0.493 e. The quantitative estimate of drug-likeness (QED) is 0.678. The summed E-state index contributed by atoms with van der Waals surface area (Å²) in [6, 6.07) is 5.46. The molecule has 0 radical (unpaired) electrons. The van der Waals surface area contributed by atoms with E-state index < -0.39 is 0 Å². The van der Waals surface area contributed by atoms with Gasteiger partial charge in [-0.25, -0.2) is 0 Å².